The predicted octanol–water partition coefficient (Wildman–Crippen LogP) is 4.50. The third-order valence-electron chi connectivity index (χ3n) is 4.84. The number of carbonyl (C=O) groups is 1. The molecular weight excluding hydrogens is 496 g/mol. The lowest BCUT2D eigenvalue weighted by Gasteiger charge is -2.19. The Labute approximate surface area is 196 Å². The van der Waals surface area contributed by atoms with Crippen LogP contribution in [0.2, 0.25) is 0 Å². The molecule has 0 saturated heterocycles. The van der Waals surface area contributed by atoms with E-state index in [2.05, 4.69) is 26.3 Å². The van der Waals surface area contributed by atoms with Gasteiger partial charge in [0.25, 0.3) is 5.91 Å². The number of benzene rings is 2. The number of amidine groups is 1. The quantitative estimate of drug-likeness (QED) is 0.447. The van der Waals surface area contributed by atoms with Gasteiger partial charge in [-0.3, -0.25) is 20.6 Å². The number of halogens is 1. The molecule has 1 amide bonds. The highest BCUT2D eigenvalue weighted by Crippen LogP contribution is 2.32. The van der Waals surface area contributed by atoms with Gasteiger partial charge in [-0.25, -0.2) is 4.98 Å². The average Bonchev–Trinajstić information content (AvgIpc) is 3.37. The van der Waals surface area contributed by atoms with Crippen LogP contribution >= 0.6 is 27.3 Å². The van der Waals surface area contributed by atoms with Crippen molar-refractivity contribution in [1.29, 1.82) is 5.41 Å². The van der Waals surface area contributed by atoms with E-state index in [1.807, 2.05) is 29.6 Å². The lowest BCUT2D eigenvalue weighted by Crippen LogP contribution is -2.43. The maximum absolute atomic E-state index is 12.7. The van der Waals surface area contributed by atoms with E-state index in [1.54, 1.807) is 18.2 Å². The number of nitrogens with zero attached hydrogens (tertiary/aromatic N) is 2. The predicted molar refractivity (Wildman–Crippen MR) is 126 cm³/mol. The highest BCUT2D eigenvalue weighted by atomic mass is 79.9. The number of aromatic nitrogens is 1. The third-order valence-corrected chi connectivity index (χ3v) is 6.23. The van der Waals surface area contributed by atoms with Gasteiger partial charge in [0.15, 0.2) is 17.3 Å². The maximum atomic E-state index is 12.7. The van der Waals surface area contributed by atoms with Crippen molar-refractivity contribution >= 4 is 44.6 Å². The zero-order valence-corrected chi connectivity index (χ0v) is 19.6. The van der Waals surface area contributed by atoms with Crippen molar-refractivity contribution in [2.75, 3.05) is 20.8 Å². The SMILES string of the molecule is COc1ccc(C(=O)NN2CC(O)=C(c3nc(-c4ccc(Br)cc4)cs3)C2=N)cc1OC. The van der Waals surface area contributed by atoms with E-state index in [4.69, 9.17) is 14.9 Å². The van der Waals surface area contributed by atoms with Gasteiger partial charge in [-0.15, -0.1) is 11.3 Å². The Morgan fingerprint density at radius 2 is 1.91 bits per heavy atom. The largest absolute Gasteiger partial charge is 0.509 e. The van der Waals surface area contributed by atoms with Crippen LogP contribution < -0.4 is 14.9 Å². The summed E-state index contributed by atoms with van der Waals surface area (Å²) in [4.78, 5) is 17.3. The van der Waals surface area contributed by atoms with Crippen LogP contribution in [0.15, 0.2) is 58.1 Å². The van der Waals surface area contributed by atoms with Crippen LogP contribution in [-0.2, 0) is 0 Å². The number of carbonyl (C=O) groups excluding carboxylic acids is 1. The zero-order chi connectivity index (χ0) is 22.8. The monoisotopic (exact) mass is 514 g/mol. The fourth-order valence-electron chi connectivity index (χ4n) is 3.21. The van der Waals surface area contributed by atoms with Crippen molar-refractivity contribution < 1.29 is 19.4 Å². The average molecular weight is 515 g/mol. The van der Waals surface area contributed by atoms with Gasteiger partial charge in [0.05, 0.1) is 32.0 Å². The second kappa shape index (κ2) is 9.01. The molecule has 164 valence electrons. The maximum Gasteiger partial charge on any atom is 0.269 e. The first kappa shape index (κ1) is 21.8. The van der Waals surface area contributed by atoms with Crippen molar-refractivity contribution in [3.8, 4) is 22.8 Å². The van der Waals surface area contributed by atoms with Crippen molar-refractivity contribution in [1.82, 2.24) is 15.4 Å². The summed E-state index contributed by atoms with van der Waals surface area (Å²) in [7, 11) is 3.00. The van der Waals surface area contributed by atoms with Gasteiger partial charge in [0.1, 0.15) is 10.8 Å². The van der Waals surface area contributed by atoms with Gasteiger partial charge in [-0.05, 0) is 30.3 Å². The first-order valence-electron chi connectivity index (χ1n) is 9.44. The lowest BCUT2D eigenvalue weighted by molar-refractivity contribution is 0.0874. The van der Waals surface area contributed by atoms with E-state index < -0.39 is 5.91 Å². The Morgan fingerprint density at radius 3 is 2.59 bits per heavy atom. The molecule has 1 aliphatic rings. The van der Waals surface area contributed by atoms with Crippen molar-refractivity contribution in [2.45, 2.75) is 0 Å². The molecule has 3 aromatic rings. The molecule has 2 heterocycles. The Hall–Kier alpha value is -3.37. The van der Waals surface area contributed by atoms with Crippen LogP contribution in [-0.4, -0.2) is 47.6 Å². The van der Waals surface area contributed by atoms with Crippen molar-refractivity contribution in [2.24, 2.45) is 0 Å². The molecule has 1 aliphatic heterocycles. The molecule has 0 saturated carbocycles. The number of methoxy groups -OCH3 is 2. The second-order valence-corrected chi connectivity index (χ2v) is 8.59. The number of hydrogen-bond donors (Lipinski definition) is 3. The smallest absolute Gasteiger partial charge is 0.269 e. The summed E-state index contributed by atoms with van der Waals surface area (Å²) < 4.78 is 11.4. The topological polar surface area (TPSA) is 108 Å². The summed E-state index contributed by atoms with van der Waals surface area (Å²) in [5.74, 6) is 0.415. The van der Waals surface area contributed by atoms with Crippen LogP contribution in [0.5, 0.6) is 11.5 Å². The van der Waals surface area contributed by atoms with Crippen molar-refractivity contribution in [3.05, 3.63) is 68.6 Å². The number of aliphatic hydroxyl groups is 1. The van der Waals surface area contributed by atoms with Gasteiger partial charge in [-0.1, -0.05) is 28.1 Å². The number of aliphatic hydroxyl groups excluding tert-OH is 1. The molecule has 0 atom stereocenters. The number of hydrogen-bond acceptors (Lipinski definition) is 7. The summed E-state index contributed by atoms with van der Waals surface area (Å²) in [6.45, 7) is -0.0274. The summed E-state index contributed by atoms with van der Waals surface area (Å²) in [6, 6.07) is 12.5. The summed E-state index contributed by atoms with van der Waals surface area (Å²) in [6.07, 6.45) is 0. The number of ether oxygens (including phenoxy) is 2. The molecular formula is C22H19BrN4O4S. The van der Waals surface area contributed by atoms with Gasteiger partial charge in [0.2, 0.25) is 0 Å². The van der Waals surface area contributed by atoms with Crippen LogP contribution in [0.1, 0.15) is 15.4 Å². The minimum atomic E-state index is -0.445. The first-order valence-corrected chi connectivity index (χ1v) is 11.1. The minimum absolute atomic E-state index is 0.0274. The van der Waals surface area contributed by atoms with Gasteiger partial charge < -0.3 is 14.6 Å². The number of amides is 1. The first-order chi connectivity index (χ1) is 15.4. The van der Waals surface area contributed by atoms with Gasteiger partial charge in [0, 0.05) is 21.0 Å². The van der Waals surface area contributed by atoms with Crippen LogP contribution in [0.4, 0.5) is 0 Å². The summed E-state index contributed by atoms with van der Waals surface area (Å²) >= 11 is 4.74. The zero-order valence-electron chi connectivity index (χ0n) is 17.2. The number of rotatable bonds is 6. The van der Waals surface area contributed by atoms with Crippen LogP contribution in [0, 0.1) is 5.41 Å². The number of nitrogens with one attached hydrogen (secondary N) is 2. The molecule has 0 aliphatic carbocycles. The molecule has 0 spiro atoms. The molecule has 4 rings (SSSR count). The second-order valence-electron chi connectivity index (χ2n) is 6.81. The Morgan fingerprint density at radius 1 is 1.19 bits per heavy atom. The van der Waals surface area contributed by atoms with Crippen molar-refractivity contribution in [3.63, 3.8) is 0 Å². The van der Waals surface area contributed by atoms with E-state index in [0.29, 0.717) is 27.6 Å². The Bertz CT molecular complexity index is 1220. The summed E-state index contributed by atoms with van der Waals surface area (Å²) in [5, 5.41) is 22.6. The Balaban J connectivity index is 1.50. The summed E-state index contributed by atoms with van der Waals surface area (Å²) in [5.41, 5.74) is 4.96. The molecule has 1 aromatic heterocycles. The fourth-order valence-corrected chi connectivity index (χ4v) is 4.37. The third kappa shape index (κ3) is 4.19. The lowest BCUT2D eigenvalue weighted by atomic mass is 10.2. The molecule has 10 heteroatoms. The van der Waals surface area contributed by atoms with Crippen LogP contribution in [0.25, 0.3) is 16.8 Å². The van der Waals surface area contributed by atoms with Gasteiger partial charge >= 0.3 is 0 Å². The number of thiazole rings is 1. The molecule has 0 radical (unpaired) electrons. The Kier molecular flexibility index (Phi) is 6.15. The van der Waals surface area contributed by atoms with E-state index >= 15 is 0 Å². The standard InChI is InChI=1S/C22H19BrN4O4S/c1-30-17-8-5-13(9-18(17)31-2)21(29)26-27-10-16(28)19(20(27)24)22-25-15(11-32-22)12-3-6-14(23)7-4-12/h3-9,11,24,28H,10H2,1-2H3,(H,26,29). The molecule has 8 nitrogen and oxygen atoms in total. The van der Waals surface area contributed by atoms with Gasteiger partial charge in [-0.2, -0.15) is 0 Å². The highest BCUT2D eigenvalue weighted by Gasteiger charge is 2.32. The van der Waals surface area contributed by atoms with E-state index in [9.17, 15) is 9.90 Å². The highest BCUT2D eigenvalue weighted by molar-refractivity contribution is 9.10. The van der Waals surface area contributed by atoms with Crippen LogP contribution in [0.3, 0.4) is 0 Å². The normalized spacial score (nSPS) is 13.5. The molecule has 32 heavy (non-hydrogen) atoms. The van der Waals surface area contributed by atoms with E-state index in [1.165, 1.54) is 30.6 Å². The molecule has 0 unspecified atom stereocenters. The van der Waals surface area contributed by atoms with E-state index in [-0.39, 0.29) is 18.1 Å². The molecule has 3 N–H and O–H groups in total. The molecule has 0 fully saturated rings. The molecule has 0 bridgehead atoms. The minimum Gasteiger partial charge on any atom is -0.509 e. The molecule has 2 aromatic carbocycles. The number of hydrazine groups is 1. The van der Waals surface area contributed by atoms with E-state index in [0.717, 1.165) is 15.7 Å². The fraction of sp³-hybridized carbons (Fsp3) is 0.136.